The van der Waals surface area contributed by atoms with Gasteiger partial charge in [0, 0.05) is 39.4 Å². The van der Waals surface area contributed by atoms with Gasteiger partial charge in [-0.3, -0.25) is 4.79 Å². The number of amides is 1. The standard InChI is InChI=1S/C38H39N3OS/c1-25-22-29(26(2)41(25)32-19-16-28(17-20-32)27-12-8-6-9-13-27)24-39-37-35(36(42)40-31-14-10-7-11-15-31)33-21-18-30(38(3,4)5)23-34(33)43-37/h6-17,19-20,22,24,30H,18,21,23H2,1-5H3,(H,40,42)/t30-/m1/s1. The molecule has 43 heavy (non-hydrogen) atoms. The van der Waals surface area contributed by atoms with E-state index >= 15 is 0 Å². The van der Waals surface area contributed by atoms with Crippen LogP contribution < -0.4 is 5.32 Å². The van der Waals surface area contributed by atoms with Gasteiger partial charge in [-0.2, -0.15) is 0 Å². The summed E-state index contributed by atoms with van der Waals surface area (Å²) in [5.74, 6) is 0.516. The molecule has 1 atom stereocenters. The Labute approximate surface area is 259 Å². The first-order chi connectivity index (χ1) is 20.7. The second-order valence-electron chi connectivity index (χ2n) is 12.6. The van der Waals surface area contributed by atoms with Crippen molar-refractivity contribution in [2.75, 3.05) is 5.32 Å². The second-order valence-corrected chi connectivity index (χ2v) is 13.7. The summed E-state index contributed by atoms with van der Waals surface area (Å²) in [7, 11) is 0. The molecular weight excluding hydrogens is 547 g/mol. The number of para-hydroxylation sites is 1. The maximum atomic E-state index is 13.7. The van der Waals surface area contributed by atoms with E-state index in [-0.39, 0.29) is 11.3 Å². The van der Waals surface area contributed by atoms with Crippen LogP contribution in [0.15, 0.2) is 96.0 Å². The molecule has 2 heterocycles. The van der Waals surface area contributed by atoms with Crippen molar-refractivity contribution in [2.45, 2.75) is 53.9 Å². The lowest BCUT2D eigenvalue weighted by Crippen LogP contribution is -2.27. The Bertz CT molecular complexity index is 1770. The maximum absolute atomic E-state index is 13.7. The predicted molar refractivity (Wildman–Crippen MR) is 182 cm³/mol. The van der Waals surface area contributed by atoms with E-state index in [4.69, 9.17) is 4.99 Å². The summed E-state index contributed by atoms with van der Waals surface area (Å²) in [5.41, 5.74) is 9.79. The molecule has 0 spiro atoms. The van der Waals surface area contributed by atoms with Gasteiger partial charge >= 0.3 is 0 Å². The van der Waals surface area contributed by atoms with Crippen molar-refractivity contribution in [1.29, 1.82) is 0 Å². The molecule has 1 aliphatic carbocycles. The molecule has 0 saturated carbocycles. The van der Waals surface area contributed by atoms with Crippen molar-refractivity contribution >= 4 is 34.1 Å². The van der Waals surface area contributed by atoms with E-state index < -0.39 is 0 Å². The highest BCUT2D eigenvalue weighted by Crippen LogP contribution is 2.45. The number of hydrogen-bond donors (Lipinski definition) is 1. The van der Waals surface area contributed by atoms with Gasteiger partial charge in [0.05, 0.1) is 5.56 Å². The minimum atomic E-state index is -0.0750. The number of carbonyl (C=O) groups excluding carboxylic acids is 1. The normalized spacial score (nSPS) is 15.0. The van der Waals surface area contributed by atoms with Crippen LogP contribution >= 0.6 is 11.3 Å². The highest BCUT2D eigenvalue weighted by Gasteiger charge is 2.33. The number of carbonyl (C=O) groups is 1. The molecule has 1 aliphatic rings. The van der Waals surface area contributed by atoms with Gasteiger partial charge in [0.2, 0.25) is 0 Å². The molecule has 5 heteroatoms. The van der Waals surface area contributed by atoms with Gasteiger partial charge < -0.3 is 9.88 Å². The third-order valence-electron chi connectivity index (χ3n) is 8.75. The van der Waals surface area contributed by atoms with E-state index in [1.165, 1.54) is 21.6 Å². The van der Waals surface area contributed by atoms with E-state index in [0.717, 1.165) is 58.2 Å². The van der Waals surface area contributed by atoms with Crippen LogP contribution in [0.2, 0.25) is 0 Å². The van der Waals surface area contributed by atoms with E-state index in [0.29, 0.717) is 5.92 Å². The molecular formula is C38H39N3OS. The fraction of sp³-hybridized carbons (Fsp3) is 0.263. The number of nitrogens with zero attached hydrogens (tertiary/aromatic N) is 2. The molecule has 218 valence electrons. The Kier molecular flexibility index (Phi) is 7.93. The molecule has 4 nitrogen and oxygen atoms in total. The van der Waals surface area contributed by atoms with Gasteiger partial charge in [-0.1, -0.05) is 81.4 Å². The van der Waals surface area contributed by atoms with E-state index in [2.05, 4.69) is 99.1 Å². The Morgan fingerprint density at radius 2 is 1.58 bits per heavy atom. The quantitative estimate of drug-likeness (QED) is 0.198. The van der Waals surface area contributed by atoms with Crippen molar-refractivity contribution in [3.63, 3.8) is 0 Å². The van der Waals surface area contributed by atoms with Crippen molar-refractivity contribution < 1.29 is 4.79 Å². The molecule has 3 aromatic carbocycles. The van der Waals surface area contributed by atoms with Crippen molar-refractivity contribution in [1.82, 2.24) is 4.57 Å². The zero-order chi connectivity index (χ0) is 30.1. The summed E-state index contributed by atoms with van der Waals surface area (Å²) in [6.07, 6.45) is 4.94. The number of anilines is 1. The monoisotopic (exact) mass is 585 g/mol. The first kappa shape index (κ1) is 28.9. The largest absolute Gasteiger partial charge is 0.322 e. The van der Waals surface area contributed by atoms with Crippen LogP contribution in [-0.4, -0.2) is 16.7 Å². The highest BCUT2D eigenvalue weighted by atomic mass is 32.1. The third kappa shape index (κ3) is 6.00. The van der Waals surface area contributed by atoms with Crippen LogP contribution in [-0.2, 0) is 12.8 Å². The number of aryl methyl sites for hydroxylation is 1. The van der Waals surface area contributed by atoms with Crippen LogP contribution in [0.1, 0.15) is 64.9 Å². The van der Waals surface area contributed by atoms with Gasteiger partial charge in [-0.05, 0) is 91.5 Å². The van der Waals surface area contributed by atoms with Gasteiger partial charge in [-0.25, -0.2) is 4.99 Å². The average Bonchev–Trinajstić information content (AvgIpc) is 3.51. The number of hydrogen-bond acceptors (Lipinski definition) is 3. The Morgan fingerprint density at radius 1 is 0.930 bits per heavy atom. The number of thiophene rings is 1. The van der Waals surface area contributed by atoms with E-state index in [9.17, 15) is 4.79 Å². The minimum Gasteiger partial charge on any atom is -0.322 e. The molecule has 0 fully saturated rings. The smallest absolute Gasteiger partial charge is 0.259 e. The minimum absolute atomic E-state index is 0.0750. The molecule has 0 aliphatic heterocycles. The molecule has 0 unspecified atom stereocenters. The summed E-state index contributed by atoms with van der Waals surface area (Å²) >= 11 is 1.69. The predicted octanol–water partition coefficient (Wildman–Crippen LogP) is 9.98. The molecule has 0 saturated heterocycles. The summed E-state index contributed by atoms with van der Waals surface area (Å²) in [6.45, 7) is 11.2. The third-order valence-corrected chi connectivity index (χ3v) is 9.92. The summed E-state index contributed by atoms with van der Waals surface area (Å²) < 4.78 is 2.27. The SMILES string of the molecule is Cc1cc(C=Nc2sc3c(c2C(=O)Nc2ccccc2)CC[C@@H](C(C)(C)C)C3)c(C)n1-c1ccc(-c2ccccc2)cc1. The van der Waals surface area contributed by atoms with Crippen molar-refractivity contribution in [2.24, 2.45) is 16.3 Å². The van der Waals surface area contributed by atoms with Crippen LogP contribution in [0.5, 0.6) is 0 Å². The van der Waals surface area contributed by atoms with Crippen molar-refractivity contribution in [3.05, 3.63) is 124 Å². The van der Waals surface area contributed by atoms with Crippen LogP contribution in [0.3, 0.4) is 0 Å². The van der Waals surface area contributed by atoms with Gasteiger partial charge in [0.25, 0.3) is 5.91 Å². The molecule has 0 bridgehead atoms. The van der Waals surface area contributed by atoms with Gasteiger partial charge in [0.15, 0.2) is 0 Å². The molecule has 6 rings (SSSR count). The summed E-state index contributed by atoms with van der Waals surface area (Å²) in [6, 6.07) is 31.0. The van der Waals surface area contributed by atoms with E-state index in [1.54, 1.807) is 11.3 Å². The Hall–Kier alpha value is -4.22. The average molecular weight is 586 g/mol. The lowest BCUT2D eigenvalue weighted by molar-refractivity contribution is 0.102. The summed E-state index contributed by atoms with van der Waals surface area (Å²) in [4.78, 5) is 20.0. The fourth-order valence-corrected chi connectivity index (χ4v) is 7.50. The molecule has 1 N–H and O–H groups in total. The maximum Gasteiger partial charge on any atom is 0.259 e. The number of nitrogens with one attached hydrogen (secondary N) is 1. The number of fused-ring (bicyclic) bond motifs is 1. The fourth-order valence-electron chi connectivity index (χ4n) is 6.23. The Balaban J connectivity index is 1.32. The number of aromatic nitrogens is 1. The zero-order valence-corrected chi connectivity index (χ0v) is 26.5. The number of benzene rings is 3. The van der Waals surface area contributed by atoms with Gasteiger partial charge in [-0.15, -0.1) is 11.3 Å². The zero-order valence-electron chi connectivity index (χ0n) is 25.6. The first-order valence-corrected chi connectivity index (χ1v) is 15.9. The molecule has 2 aromatic heterocycles. The van der Waals surface area contributed by atoms with Crippen LogP contribution in [0.25, 0.3) is 16.8 Å². The molecule has 0 radical (unpaired) electrons. The lowest BCUT2D eigenvalue weighted by Gasteiger charge is -2.33. The van der Waals surface area contributed by atoms with Crippen LogP contribution in [0.4, 0.5) is 10.7 Å². The lowest BCUT2D eigenvalue weighted by atomic mass is 9.72. The Morgan fingerprint density at radius 3 is 2.26 bits per heavy atom. The number of rotatable bonds is 6. The molecule has 5 aromatic rings. The highest BCUT2D eigenvalue weighted by molar-refractivity contribution is 7.16. The van der Waals surface area contributed by atoms with E-state index in [1.807, 2.05) is 42.6 Å². The summed E-state index contributed by atoms with van der Waals surface area (Å²) in [5, 5.41) is 3.92. The van der Waals surface area contributed by atoms with Crippen LogP contribution in [0, 0.1) is 25.2 Å². The second kappa shape index (κ2) is 11.8. The van der Waals surface area contributed by atoms with Crippen molar-refractivity contribution in [3.8, 4) is 16.8 Å². The molecule has 1 amide bonds. The topological polar surface area (TPSA) is 46.4 Å². The first-order valence-electron chi connectivity index (χ1n) is 15.1. The van der Waals surface area contributed by atoms with Gasteiger partial charge in [0.1, 0.15) is 5.00 Å². The number of aliphatic imine (C=N–C) groups is 1.